The summed E-state index contributed by atoms with van der Waals surface area (Å²) in [6.45, 7) is 4.68. The van der Waals surface area contributed by atoms with E-state index in [9.17, 15) is 19.5 Å². The van der Waals surface area contributed by atoms with Gasteiger partial charge in [-0.15, -0.1) is 0 Å². The number of carboxylic acids is 1. The number of carbonyl (C=O) groups excluding carboxylic acids is 3. The highest BCUT2D eigenvalue weighted by Crippen LogP contribution is 2.20. The normalized spacial score (nSPS) is 13.1. The lowest BCUT2D eigenvalue weighted by Crippen LogP contribution is -2.44. The predicted octanol–water partition coefficient (Wildman–Crippen LogP) is 26.5. The third-order valence-corrected chi connectivity index (χ3v) is 19.1. The number of carbonyl (C=O) groups is 3. The number of hydrogen-bond donors (Lipinski definition) is 0. The molecular weight excluding hydrogens is 1230 g/mol. The number of carboxylic acid groups (broad SMARTS) is 1. The van der Waals surface area contributed by atoms with Crippen molar-refractivity contribution in [3.8, 4) is 0 Å². The van der Waals surface area contributed by atoms with Crippen molar-refractivity contribution in [2.75, 3.05) is 47.5 Å². The van der Waals surface area contributed by atoms with E-state index in [1.807, 2.05) is 21.1 Å². The second kappa shape index (κ2) is 80.9. The van der Waals surface area contributed by atoms with E-state index < -0.39 is 24.3 Å². The monoisotopic (exact) mass is 1400 g/mol. The van der Waals surface area contributed by atoms with Gasteiger partial charge in [-0.1, -0.05) is 413 Å². The van der Waals surface area contributed by atoms with Crippen LogP contribution in [0.25, 0.3) is 0 Å². The van der Waals surface area contributed by atoms with Crippen LogP contribution >= 0.6 is 0 Å². The van der Waals surface area contributed by atoms with Crippen molar-refractivity contribution in [1.82, 2.24) is 0 Å². The molecule has 0 aliphatic carbocycles. The Morgan fingerprint density at radius 1 is 0.310 bits per heavy atom. The molecule has 0 aromatic heterocycles. The number of quaternary nitrogens is 1. The van der Waals surface area contributed by atoms with Crippen LogP contribution in [-0.4, -0.2) is 82.3 Å². The number of esters is 2. The fourth-order valence-corrected chi connectivity index (χ4v) is 12.6. The molecule has 0 radical (unpaired) electrons. The van der Waals surface area contributed by atoms with Gasteiger partial charge in [0.05, 0.1) is 40.3 Å². The largest absolute Gasteiger partial charge is 0.545 e. The number of likely N-dealkylation sites (N-methyl/N-ethyl adjacent to an activating group) is 1. The molecule has 0 spiro atoms. The lowest BCUT2D eigenvalue weighted by molar-refractivity contribution is -0.870. The van der Waals surface area contributed by atoms with Crippen LogP contribution in [0.5, 0.6) is 0 Å². The molecule has 0 saturated heterocycles. The Balaban J connectivity index is 3.98. The first-order valence-corrected chi connectivity index (χ1v) is 42.9. The summed E-state index contributed by atoms with van der Waals surface area (Å²) in [5, 5.41) is 11.9. The van der Waals surface area contributed by atoms with Crippen molar-refractivity contribution in [2.24, 2.45) is 0 Å². The average molecular weight is 1400 g/mol. The minimum atomic E-state index is -1.63. The van der Waals surface area contributed by atoms with E-state index in [2.05, 4.69) is 111 Å². The number of unbranched alkanes of at least 4 members (excludes halogenated alkanes) is 49. The van der Waals surface area contributed by atoms with E-state index in [0.717, 1.165) is 96.3 Å². The number of rotatable bonds is 80. The third-order valence-electron chi connectivity index (χ3n) is 19.1. The second-order valence-electron chi connectivity index (χ2n) is 30.1. The van der Waals surface area contributed by atoms with Crippen LogP contribution in [0.3, 0.4) is 0 Å². The van der Waals surface area contributed by atoms with Gasteiger partial charge in [-0.25, -0.2) is 0 Å². The van der Waals surface area contributed by atoms with Crippen molar-refractivity contribution in [1.29, 1.82) is 0 Å². The van der Waals surface area contributed by atoms with Crippen molar-refractivity contribution < 1.29 is 42.9 Å². The van der Waals surface area contributed by atoms with Gasteiger partial charge in [0.2, 0.25) is 0 Å². The zero-order valence-corrected chi connectivity index (χ0v) is 66.6. The molecule has 0 rings (SSSR count). The van der Waals surface area contributed by atoms with Crippen LogP contribution in [0.1, 0.15) is 406 Å². The fraction of sp³-hybridized carbons (Fsp3) is 0.791. The van der Waals surface area contributed by atoms with Gasteiger partial charge in [0.1, 0.15) is 13.2 Å². The molecule has 0 bridgehead atoms. The molecule has 0 N–H and O–H groups in total. The Morgan fingerprint density at radius 2 is 0.570 bits per heavy atom. The maximum atomic E-state index is 13.0. The molecule has 580 valence electrons. The Morgan fingerprint density at radius 3 is 0.850 bits per heavy atom. The molecule has 2 unspecified atom stereocenters. The van der Waals surface area contributed by atoms with Gasteiger partial charge in [0, 0.05) is 12.8 Å². The van der Waals surface area contributed by atoms with E-state index in [0.29, 0.717) is 23.9 Å². The standard InChI is InChI=1S/C91H163NO8/c1-6-8-10-12-14-16-18-20-22-24-26-28-30-32-34-36-38-40-42-43-44-45-46-48-49-51-53-55-57-59-61-63-65-67-69-71-73-75-77-79-81-88(93)98-85-87(86-99-91(90(95)96)97-84-83-92(3,4)5)100-89(94)82-80-78-76-74-72-70-68-66-64-62-60-58-56-54-52-50-47-41-39-37-35-33-31-29-27-25-23-21-19-17-15-13-11-9-7-2/h9,11,15,17,21,23,27,29,33,35,39,41,50,52,56,58,87,91H,6-8,10,12-14,16,18-20,22,24-26,28,30-32,34,36-38,40,42-49,51,53-55,57,59-86H2,1-5H3/b11-9-,17-15-,23-21-,29-27-,35-33-,41-39-,52-50-,58-56-. The predicted molar refractivity (Wildman–Crippen MR) is 431 cm³/mol. The first kappa shape index (κ1) is 96.2. The van der Waals surface area contributed by atoms with Crippen molar-refractivity contribution in [3.05, 3.63) is 97.2 Å². The summed E-state index contributed by atoms with van der Waals surface area (Å²) in [4.78, 5) is 37.7. The highest BCUT2D eigenvalue weighted by molar-refractivity contribution is 5.70. The first-order chi connectivity index (χ1) is 49.1. The van der Waals surface area contributed by atoms with Crippen LogP contribution in [0.2, 0.25) is 0 Å². The summed E-state index contributed by atoms with van der Waals surface area (Å²) in [7, 11) is 5.94. The summed E-state index contributed by atoms with van der Waals surface area (Å²) in [5.74, 6) is -2.27. The zero-order valence-electron chi connectivity index (χ0n) is 66.6. The van der Waals surface area contributed by atoms with Gasteiger partial charge in [-0.05, 0) is 77.0 Å². The van der Waals surface area contributed by atoms with Crippen LogP contribution in [-0.2, 0) is 33.3 Å². The third kappa shape index (κ3) is 81.5. The molecular formula is C91H163NO8. The van der Waals surface area contributed by atoms with Crippen LogP contribution in [0.15, 0.2) is 97.2 Å². The topological polar surface area (TPSA) is 111 Å². The van der Waals surface area contributed by atoms with Gasteiger partial charge in [0.15, 0.2) is 12.4 Å². The highest BCUT2D eigenvalue weighted by atomic mass is 16.7. The van der Waals surface area contributed by atoms with E-state index in [-0.39, 0.29) is 32.2 Å². The fourth-order valence-electron chi connectivity index (χ4n) is 12.6. The lowest BCUT2D eigenvalue weighted by atomic mass is 10.0. The Bertz CT molecular complexity index is 1970. The minimum Gasteiger partial charge on any atom is -0.545 e. The first-order valence-electron chi connectivity index (χ1n) is 42.9. The smallest absolute Gasteiger partial charge is 0.306 e. The molecule has 100 heavy (non-hydrogen) atoms. The van der Waals surface area contributed by atoms with Crippen molar-refractivity contribution in [2.45, 2.75) is 418 Å². The lowest BCUT2D eigenvalue weighted by Gasteiger charge is -2.26. The van der Waals surface area contributed by atoms with Gasteiger partial charge in [-0.2, -0.15) is 0 Å². The number of hydrogen-bond acceptors (Lipinski definition) is 8. The molecule has 0 heterocycles. The average Bonchev–Trinajstić information content (AvgIpc) is 1.67. The summed E-state index contributed by atoms with van der Waals surface area (Å²) in [5.41, 5.74) is 0. The second-order valence-corrected chi connectivity index (χ2v) is 30.1. The number of ether oxygens (including phenoxy) is 4. The van der Waals surface area contributed by atoms with E-state index in [1.165, 1.54) is 276 Å². The van der Waals surface area contributed by atoms with Crippen molar-refractivity contribution >= 4 is 17.9 Å². The molecule has 0 fully saturated rings. The molecule has 0 aliphatic heterocycles. The van der Waals surface area contributed by atoms with E-state index in [4.69, 9.17) is 18.9 Å². The molecule has 2 atom stereocenters. The maximum Gasteiger partial charge on any atom is 0.306 e. The molecule has 0 aromatic rings. The summed E-state index contributed by atoms with van der Waals surface area (Å²) >= 11 is 0. The van der Waals surface area contributed by atoms with Crippen LogP contribution in [0, 0.1) is 0 Å². The van der Waals surface area contributed by atoms with Gasteiger partial charge in [0.25, 0.3) is 0 Å². The van der Waals surface area contributed by atoms with Gasteiger partial charge < -0.3 is 33.3 Å². The van der Waals surface area contributed by atoms with Crippen LogP contribution < -0.4 is 5.11 Å². The SMILES string of the molecule is CC/C=C\C/C=C\C/C=C\C/C=C\C/C=C\C/C=C\C/C=C\C/C=C\CCCCCCCCCCCCC(=O)OC(COC(=O)CCCCCCCCCCCCCCCCCCCCCCCCCCCCCCCCCCCCCCCCCC)COC(OCC[N+](C)(C)C)C(=O)[O-]. The Kier molecular flexibility index (Phi) is 77.8. The molecule has 9 heteroatoms. The van der Waals surface area contributed by atoms with E-state index in [1.54, 1.807) is 0 Å². The van der Waals surface area contributed by atoms with Gasteiger partial charge >= 0.3 is 11.9 Å². The summed E-state index contributed by atoms with van der Waals surface area (Å²) in [6.07, 6.45) is 110. The van der Waals surface area contributed by atoms with Crippen molar-refractivity contribution in [3.63, 3.8) is 0 Å². The zero-order chi connectivity index (χ0) is 72.5. The highest BCUT2D eigenvalue weighted by Gasteiger charge is 2.22. The van der Waals surface area contributed by atoms with Crippen LogP contribution in [0.4, 0.5) is 0 Å². The number of nitrogens with zero attached hydrogens (tertiary/aromatic N) is 1. The molecule has 0 aliphatic rings. The molecule has 0 amide bonds. The van der Waals surface area contributed by atoms with E-state index >= 15 is 0 Å². The minimum absolute atomic E-state index is 0.145. The number of aliphatic carboxylic acids is 1. The Hall–Kier alpha value is -3.79. The maximum absolute atomic E-state index is 13.0. The number of allylic oxidation sites excluding steroid dienone is 16. The molecule has 0 saturated carbocycles. The quantitative estimate of drug-likeness (QED) is 0.0195. The molecule has 9 nitrogen and oxygen atoms in total. The Labute approximate surface area is 620 Å². The molecule has 0 aromatic carbocycles. The summed E-state index contributed by atoms with van der Waals surface area (Å²) < 4.78 is 22.9. The summed E-state index contributed by atoms with van der Waals surface area (Å²) in [6, 6.07) is 0. The van der Waals surface area contributed by atoms with Gasteiger partial charge in [-0.3, -0.25) is 9.59 Å².